The number of ether oxygens (including phenoxy) is 2. The molecule has 17 heavy (non-hydrogen) atoms. The second-order valence-corrected chi connectivity index (χ2v) is 4.40. The predicted molar refractivity (Wildman–Crippen MR) is 65.2 cm³/mol. The summed E-state index contributed by atoms with van der Waals surface area (Å²) in [6.45, 7) is 1.34. The second kappa shape index (κ2) is 3.19. The van der Waals surface area contributed by atoms with Crippen molar-refractivity contribution in [3.05, 3.63) is 70.9 Å². The molecule has 4 rings (SSSR count). The van der Waals surface area contributed by atoms with Gasteiger partial charge in [-0.3, -0.25) is 0 Å². The summed E-state index contributed by atoms with van der Waals surface area (Å²) in [6.07, 6.45) is 16.7. The van der Waals surface area contributed by atoms with Crippen LogP contribution in [0.2, 0.25) is 0 Å². The number of hydrogen-bond acceptors (Lipinski definition) is 2. The van der Waals surface area contributed by atoms with Gasteiger partial charge in [-0.05, 0) is 11.1 Å². The molecule has 2 bridgehead atoms. The number of allylic oxidation sites excluding steroid dienone is 8. The molecule has 2 fully saturated rings. The Kier molecular flexibility index (Phi) is 1.76. The molecule has 1 aliphatic heterocycles. The van der Waals surface area contributed by atoms with Crippen LogP contribution in [0.25, 0.3) is 0 Å². The molecule has 1 saturated heterocycles. The van der Waals surface area contributed by atoms with Gasteiger partial charge in [-0.1, -0.05) is 48.6 Å². The Hall–Kier alpha value is -1.64. The van der Waals surface area contributed by atoms with Gasteiger partial charge in [0.05, 0.1) is 13.2 Å². The van der Waals surface area contributed by atoms with Crippen molar-refractivity contribution >= 4 is 0 Å². The Morgan fingerprint density at radius 2 is 1.24 bits per heavy atom. The number of rotatable bonds is 0. The van der Waals surface area contributed by atoms with E-state index in [4.69, 9.17) is 9.47 Å². The predicted octanol–water partition coefficient (Wildman–Crippen LogP) is 2.59. The van der Waals surface area contributed by atoms with Crippen molar-refractivity contribution in [3.8, 4) is 0 Å². The van der Waals surface area contributed by atoms with E-state index in [1.165, 1.54) is 11.1 Å². The van der Waals surface area contributed by atoms with Gasteiger partial charge in [0.15, 0.2) is 0 Å². The van der Waals surface area contributed by atoms with Crippen LogP contribution in [0.3, 0.4) is 0 Å². The maximum Gasteiger partial charge on any atom is 0.223 e. The summed E-state index contributed by atoms with van der Waals surface area (Å²) in [5.41, 5.74) is 4.75. The molecule has 3 aliphatic carbocycles. The van der Waals surface area contributed by atoms with Crippen LogP contribution in [0.15, 0.2) is 70.9 Å². The van der Waals surface area contributed by atoms with Gasteiger partial charge in [0.2, 0.25) is 5.79 Å². The van der Waals surface area contributed by atoms with Gasteiger partial charge in [-0.25, -0.2) is 0 Å². The molecule has 1 saturated carbocycles. The van der Waals surface area contributed by atoms with Gasteiger partial charge in [0, 0.05) is 11.1 Å². The molecular formula is C15H12O2. The van der Waals surface area contributed by atoms with Crippen molar-refractivity contribution in [3.63, 3.8) is 0 Å². The normalized spacial score (nSPS) is 37.2. The molecule has 0 unspecified atom stereocenters. The summed E-state index contributed by atoms with van der Waals surface area (Å²) >= 11 is 0. The molecule has 0 radical (unpaired) electrons. The van der Waals surface area contributed by atoms with Crippen LogP contribution in [-0.4, -0.2) is 19.0 Å². The van der Waals surface area contributed by atoms with Crippen molar-refractivity contribution in [2.24, 2.45) is 0 Å². The van der Waals surface area contributed by atoms with Crippen LogP contribution in [0.5, 0.6) is 0 Å². The van der Waals surface area contributed by atoms with Crippen LogP contribution in [-0.2, 0) is 9.47 Å². The van der Waals surface area contributed by atoms with E-state index in [2.05, 4.69) is 36.5 Å². The van der Waals surface area contributed by atoms with Crippen LogP contribution in [0, 0.1) is 0 Å². The second-order valence-electron chi connectivity index (χ2n) is 4.40. The minimum Gasteiger partial charge on any atom is -0.340 e. The monoisotopic (exact) mass is 224 g/mol. The molecule has 2 nitrogen and oxygen atoms in total. The average Bonchev–Trinajstić information content (AvgIpc) is 2.96. The average molecular weight is 224 g/mol. The Balaban J connectivity index is 1.93. The fraction of sp³-hybridized carbons (Fsp3) is 0.200. The molecule has 0 aromatic carbocycles. The van der Waals surface area contributed by atoms with Crippen LogP contribution >= 0.6 is 0 Å². The first-order valence-corrected chi connectivity index (χ1v) is 5.89. The van der Waals surface area contributed by atoms with Crippen molar-refractivity contribution in [2.75, 3.05) is 13.2 Å². The Morgan fingerprint density at radius 3 is 1.76 bits per heavy atom. The van der Waals surface area contributed by atoms with E-state index < -0.39 is 5.79 Å². The SMILES string of the molecule is C1=C2C3=C/C=C\C=C/C=C\3C(=C1)C21OCCO1. The molecule has 0 N–H and O–H groups in total. The number of hydrogen-bond donors (Lipinski definition) is 0. The highest BCUT2D eigenvalue weighted by Crippen LogP contribution is 2.55. The van der Waals surface area contributed by atoms with Crippen LogP contribution < -0.4 is 0 Å². The molecule has 84 valence electrons. The lowest BCUT2D eigenvalue weighted by Gasteiger charge is -2.21. The van der Waals surface area contributed by atoms with Gasteiger partial charge in [-0.2, -0.15) is 0 Å². The molecule has 0 aromatic heterocycles. The standard InChI is InChI=1S/C15H12O2/c1-2-4-6-12-11(5-3-1)13-7-8-14(12)15(13)16-9-10-17-15/h1-8H,9-10H2/b2-1?,3-1-,4-2-,5-3?,6-4?,11-5+,12-6+. The minimum atomic E-state index is -0.594. The zero-order chi connectivity index (χ0) is 11.3. The maximum absolute atomic E-state index is 5.87. The van der Waals surface area contributed by atoms with Gasteiger partial charge in [0.25, 0.3) is 0 Å². The largest absolute Gasteiger partial charge is 0.340 e. The summed E-state index contributed by atoms with van der Waals surface area (Å²) < 4.78 is 11.7. The molecule has 4 aliphatic rings. The lowest BCUT2D eigenvalue weighted by atomic mass is 9.99. The third-order valence-corrected chi connectivity index (χ3v) is 3.55. The zero-order valence-corrected chi connectivity index (χ0v) is 9.35. The van der Waals surface area contributed by atoms with Crippen molar-refractivity contribution in [2.45, 2.75) is 5.79 Å². The van der Waals surface area contributed by atoms with E-state index in [1.54, 1.807) is 0 Å². The Morgan fingerprint density at radius 1 is 0.706 bits per heavy atom. The van der Waals surface area contributed by atoms with Crippen molar-refractivity contribution in [1.82, 2.24) is 0 Å². The van der Waals surface area contributed by atoms with E-state index in [0.717, 1.165) is 11.1 Å². The lowest BCUT2D eigenvalue weighted by molar-refractivity contribution is -0.0828. The summed E-state index contributed by atoms with van der Waals surface area (Å²) in [5.74, 6) is -0.594. The van der Waals surface area contributed by atoms with Crippen molar-refractivity contribution < 1.29 is 9.47 Å². The van der Waals surface area contributed by atoms with Crippen LogP contribution in [0.1, 0.15) is 0 Å². The summed E-state index contributed by atoms with van der Waals surface area (Å²) in [7, 11) is 0. The van der Waals surface area contributed by atoms with E-state index >= 15 is 0 Å². The van der Waals surface area contributed by atoms with Gasteiger partial charge >= 0.3 is 0 Å². The molecule has 0 aromatic rings. The third kappa shape index (κ3) is 1.07. The fourth-order valence-electron chi connectivity index (χ4n) is 2.87. The van der Waals surface area contributed by atoms with Gasteiger partial charge < -0.3 is 9.47 Å². The highest BCUT2D eigenvalue weighted by Gasteiger charge is 2.54. The highest BCUT2D eigenvalue weighted by atomic mass is 16.7. The fourth-order valence-corrected chi connectivity index (χ4v) is 2.87. The summed E-state index contributed by atoms with van der Waals surface area (Å²) in [5, 5.41) is 0. The third-order valence-electron chi connectivity index (χ3n) is 3.55. The molecular weight excluding hydrogens is 212 g/mol. The zero-order valence-electron chi connectivity index (χ0n) is 9.35. The smallest absolute Gasteiger partial charge is 0.223 e. The highest BCUT2D eigenvalue weighted by molar-refractivity contribution is 5.76. The van der Waals surface area contributed by atoms with Crippen LogP contribution in [0.4, 0.5) is 0 Å². The van der Waals surface area contributed by atoms with E-state index in [0.29, 0.717) is 13.2 Å². The molecule has 1 heterocycles. The molecule has 1 spiro atoms. The van der Waals surface area contributed by atoms with Gasteiger partial charge in [0.1, 0.15) is 0 Å². The minimum absolute atomic E-state index is 0.594. The first-order chi connectivity index (χ1) is 8.42. The quantitative estimate of drug-likeness (QED) is 0.629. The molecule has 0 amide bonds. The van der Waals surface area contributed by atoms with E-state index in [1.807, 2.05) is 12.2 Å². The number of fused-ring (bicyclic) bond motifs is 3. The summed E-state index contributed by atoms with van der Waals surface area (Å²) in [4.78, 5) is 0. The maximum atomic E-state index is 5.87. The van der Waals surface area contributed by atoms with E-state index in [-0.39, 0.29) is 0 Å². The van der Waals surface area contributed by atoms with E-state index in [9.17, 15) is 0 Å². The Bertz CT molecular complexity index is 516. The lowest BCUT2D eigenvalue weighted by Crippen LogP contribution is -2.28. The molecule has 0 atom stereocenters. The first kappa shape index (κ1) is 9.40. The first-order valence-electron chi connectivity index (χ1n) is 5.89. The summed E-state index contributed by atoms with van der Waals surface area (Å²) in [6, 6.07) is 0. The topological polar surface area (TPSA) is 18.5 Å². The Labute approximate surface area is 99.9 Å². The molecule has 2 heteroatoms. The van der Waals surface area contributed by atoms with Crippen molar-refractivity contribution in [1.29, 1.82) is 0 Å². The van der Waals surface area contributed by atoms with Gasteiger partial charge in [-0.15, -0.1) is 0 Å².